The maximum absolute atomic E-state index is 6.44. The quantitative estimate of drug-likeness (QED) is 0.876. The van der Waals surface area contributed by atoms with Crippen molar-refractivity contribution >= 4 is 0 Å². The molecule has 0 bridgehead atoms. The SMILES string of the molecule is CCC1CCC(N(C)C(c2cnn(C)c2)C(N)CC)CC1. The summed E-state index contributed by atoms with van der Waals surface area (Å²) in [4.78, 5) is 2.52. The molecule has 0 aliphatic heterocycles. The molecule has 2 unspecified atom stereocenters. The average Bonchev–Trinajstić information content (AvgIpc) is 2.93. The van der Waals surface area contributed by atoms with Crippen LogP contribution in [0, 0.1) is 5.92 Å². The lowest BCUT2D eigenvalue weighted by molar-refractivity contribution is 0.103. The van der Waals surface area contributed by atoms with E-state index in [9.17, 15) is 0 Å². The first kappa shape index (κ1) is 16.5. The van der Waals surface area contributed by atoms with Gasteiger partial charge in [-0.05, 0) is 45.1 Å². The van der Waals surface area contributed by atoms with E-state index in [1.54, 1.807) is 0 Å². The molecule has 1 aliphatic rings. The van der Waals surface area contributed by atoms with Crippen molar-refractivity contribution in [1.82, 2.24) is 14.7 Å². The van der Waals surface area contributed by atoms with Crippen LogP contribution in [0.4, 0.5) is 0 Å². The van der Waals surface area contributed by atoms with Gasteiger partial charge in [0, 0.05) is 30.9 Å². The first-order chi connectivity index (χ1) is 10.1. The molecule has 21 heavy (non-hydrogen) atoms. The topological polar surface area (TPSA) is 47.1 Å². The number of rotatable bonds is 6. The molecular weight excluding hydrogens is 260 g/mol. The molecule has 4 nitrogen and oxygen atoms in total. The third-order valence-electron chi connectivity index (χ3n) is 5.35. The molecular formula is C17H32N4. The number of aryl methyl sites for hydroxylation is 1. The fraction of sp³-hybridized carbons (Fsp3) is 0.824. The molecule has 1 saturated carbocycles. The second-order valence-electron chi connectivity index (χ2n) is 6.71. The molecule has 2 N–H and O–H groups in total. The Bertz CT molecular complexity index is 420. The highest BCUT2D eigenvalue weighted by molar-refractivity contribution is 5.13. The summed E-state index contributed by atoms with van der Waals surface area (Å²) in [6, 6.07) is 1.12. The lowest BCUT2D eigenvalue weighted by Gasteiger charge is -2.40. The Hall–Kier alpha value is -0.870. The largest absolute Gasteiger partial charge is 0.326 e. The molecule has 1 aromatic rings. The van der Waals surface area contributed by atoms with Crippen molar-refractivity contribution in [2.75, 3.05) is 7.05 Å². The van der Waals surface area contributed by atoms with Gasteiger partial charge in [-0.2, -0.15) is 5.10 Å². The van der Waals surface area contributed by atoms with Gasteiger partial charge < -0.3 is 5.73 Å². The highest BCUT2D eigenvalue weighted by atomic mass is 15.3. The van der Waals surface area contributed by atoms with Crippen LogP contribution in [0.1, 0.15) is 64.0 Å². The number of hydrogen-bond acceptors (Lipinski definition) is 3. The lowest BCUT2D eigenvalue weighted by atomic mass is 9.83. The molecule has 1 aliphatic carbocycles. The summed E-state index contributed by atoms with van der Waals surface area (Å²) in [6.07, 6.45) is 11.8. The third kappa shape index (κ3) is 3.86. The summed E-state index contributed by atoms with van der Waals surface area (Å²) >= 11 is 0. The minimum atomic E-state index is 0.170. The molecule has 120 valence electrons. The van der Waals surface area contributed by atoms with Crippen molar-refractivity contribution < 1.29 is 0 Å². The van der Waals surface area contributed by atoms with E-state index >= 15 is 0 Å². The van der Waals surface area contributed by atoms with E-state index < -0.39 is 0 Å². The summed E-state index contributed by atoms with van der Waals surface area (Å²) in [5.74, 6) is 0.936. The van der Waals surface area contributed by atoms with E-state index in [2.05, 4.69) is 37.1 Å². The molecule has 1 fully saturated rings. The number of hydrogen-bond donors (Lipinski definition) is 1. The molecule has 2 atom stereocenters. The van der Waals surface area contributed by atoms with Crippen molar-refractivity contribution in [2.45, 2.75) is 70.5 Å². The number of nitrogens with two attached hydrogens (primary N) is 1. The Labute approximate surface area is 129 Å². The molecule has 0 aromatic carbocycles. The third-order valence-corrected chi connectivity index (χ3v) is 5.35. The Morgan fingerprint density at radius 1 is 1.33 bits per heavy atom. The highest BCUT2D eigenvalue weighted by Gasteiger charge is 2.31. The van der Waals surface area contributed by atoms with E-state index in [0.717, 1.165) is 12.3 Å². The standard InChI is InChI=1S/C17H32N4/c1-5-13-7-9-15(10-8-13)21(4)17(16(18)6-2)14-11-19-20(3)12-14/h11-13,15-17H,5-10,18H2,1-4H3. The van der Waals surface area contributed by atoms with Crippen LogP contribution in [0.2, 0.25) is 0 Å². The minimum absolute atomic E-state index is 0.170. The summed E-state index contributed by atoms with van der Waals surface area (Å²) in [7, 11) is 4.23. The molecule has 0 saturated heterocycles. The molecule has 1 heterocycles. The monoisotopic (exact) mass is 292 g/mol. The minimum Gasteiger partial charge on any atom is -0.326 e. The van der Waals surface area contributed by atoms with Gasteiger partial charge >= 0.3 is 0 Å². The van der Waals surface area contributed by atoms with Gasteiger partial charge in [0.1, 0.15) is 0 Å². The van der Waals surface area contributed by atoms with Gasteiger partial charge in [0.05, 0.1) is 12.2 Å². The molecule has 0 radical (unpaired) electrons. The van der Waals surface area contributed by atoms with Crippen LogP contribution < -0.4 is 5.73 Å². The van der Waals surface area contributed by atoms with Crippen LogP contribution in [0.15, 0.2) is 12.4 Å². The Balaban J connectivity index is 2.10. The van der Waals surface area contributed by atoms with E-state index in [1.165, 1.54) is 37.7 Å². The maximum atomic E-state index is 6.44. The van der Waals surface area contributed by atoms with Gasteiger partial charge in [0.2, 0.25) is 0 Å². The second-order valence-corrected chi connectivity index (χ2v) is 6.71. The molecule has 1 aromatic heterocycles. The molecule has 0 spiro atoms. The number of nitrogens with zero attached hydrogens (tertiary/aromatic N) is 3. The first-order valence-corrected chi connectivity index (χ1v) is 8.52. The van der Waals surface area contributed by atoms with Crippen LogP contribution >= 0.6 is 0 Å². The summed E-state index contributed by atoms with van der Waals surface area (Å²) < 4.78 is 1.88. The first-order valence-electron chi connectivity index (χ1n) is 8.52. The molecule has 2 rings (SSSR count). The molecule has 4 heteroatoms. The zero-order valence-corrected chi connectivity index (χ0v) is 14.1. The maximum Gasteiger partial charge on any atom is 0.0538 e. The Kier molecular flexibility index (Phi) is 5.82. The van der Waals surface area contributed by atoms with Crippen LogP contribution in [-0.2, 0) is 7.05 Å². The summed E-state index contributed by atoms with van der Waals surface area (Å²) in [6.45, 7) is 4.50. The second kappa shape index (κ2) is 7.41. The average molecular weight is 292 g/mol. The van der Waals surface area contributed by atoms with Gasteiger partial charge in [0.25, 0.3) is 0 Å². The Morgan fingerprint density at radius 3 is 2.48 bits per heavy atom. The molecule has 0 amide bonds. The zero-order chi connectivity index (χ0) is 15.4. The van der Waals surface area contributed by atoms with E-state index in [-0.39, 0.29) is 12.1 Å². The van der Waals surface area contributed by atoms with Crippen LogP contribution in [0.3, 0.4) is 0 Å². The van der Waals surface area contributed by atoms with Gasteiger partial charge in [-0.3, -0.25) is 9.58 Å². The Morgan fingerprint density at radius 2 is 2.00 bits per heavy atom. The van der Waals surface area contributed by atoms with Crippen molar-refractivity contribution in [3.63, 3.8) is 0 Å². The number of likely N-dealkylation sites (N-methyl/N-ethyl adjacent to an activating group) is 1. The number of aromatic nitrogens is 2. The fourth-order valence-electron chi connectivity index (χ4n) is 3.79. The van der Waals surface area contributed by atoms with Gasteiger partial charge in [-0.15, -0.1) is 0 Å². The van der Waals surface area contributed by atoms with Crippen LogP contribution in [0.25, 0.3) is 0 Å². The van der Waals surface area contributed by atoms with Crippen LogP contribution in [-0.4, -0.2) is 33.8 Å². The smallest absolute Gasteiger partial charge is 0.0538 e. The van der Waals surface area contributed by atoms with Gasteiger partial charge in [-0.25, -0.2) is 0 Å². The van der Waals surface area contributed by atoms with E-state index in [1.807, 2.05) is 17.9 Å². The summed E-state index contributed by atoms with van der Waals surface area (Å²) in [5, 5.41) is 4.34. The zero-order valence-electron chi connectivity index (χ0n) is 14.1. The van der Waals surface area contributed by atoms with E-state index in [4.69, 9.17) is 5.73 Å². The predicted molar refractivity (Wildman–Crippen MR) is 88.0 cm³/mol. The van der Waals surface area contributed by atoms with Crippen LogP contribution in [0.5, 0.6) is 0 Å². The van der Waals surface area contributed by atoms with Crippen molar-refractivity contribution in [1.29, 1.82) is 0 Å². The predicted octanol–water partition coefficient (Wildman–Crippen LogP) is 3.10. The van der Waals surface area contributed by atoms with Gasteiger partial charge in [0.15, 0.2) is 0 Å². The van der Waals surface area contributed by atoms with Gasteiger partial charge in [-0.1, -0.05) is 20.3 Å². The summed E-state index contributed by atoms with van der Waals surface area (Å²) in [5.41, 5.74) is 7.70. The van der Waals surface area contributed by atoms with E-state index in [0.29, 0.717) is 6.04 Å². The van der Waals surface area contributed by atoms with Crippen molar-refractivity contribution in [3.05, 3.63) is 18.0 Å². The highest BCUT2D eigenvalue weighted by Crippen LogP contribution is 2.34. The normalized spacial score (nSPS) is 26.0. The van der Waals surface area contributed by atoms with Crippen molar-refractivity contribution in [3.8, 4) is 0 Å². The van der Waals surface area contributed by atoms with Crippen molar-refractivity contribution in [2.24, 2.45) is 18.7 Å². The lowest BCUT2D eigenvalue weighted by Crippen LogP contribution is -2.45. The fourth-order valence-corrected chi connectivity index (χ4v) is 3.79.